The van der Waals surface area contributed by atoms with Crippen LogP contribution in [0.5, 0.6) is 0 Å². The minimum Gasteiger partial charge on any atom is -0.399 e. The van der Waals surface area contributed by atoms with Crippen LogP contribution >= 0.6 is 0 Å². The summed E-state index contributed by atoms with van der Waals surface area (Å²) in [4.78, 5) is 4.81. The lowest BCUT2D eigenvalue weighted by Gasteiger charge is -2.10. The van der Waals surface area contributed by atoms with E-state index in [2.05, 4.69) is 13.0 Å². The number of hydrogen-bond acceptors (Lipinski definition) is 3. The van der Waals surface area contributed by atoms with Crippen molar-refractivity contribution in [2.24, 2.45) is 0 Å². The van der Waals surface area contributed by atoms with E-state index < -0.39 is 0 Å². The summed E-state index contributed by atoms with van der Waals surface area (Å²) in [6.07, 6.45) is 3.26. The number of aryl methyl sites for hydroxylation is 1. The maximum Gasteiger partial charge on any atom is 0.0732 e. The maximum absolute atomic E-state index is 5.94. The molecule has 0 amide bonds. The number of aromatic nitrogens is 1. The zero-order valence-corrected chi connectivity index (χ0v) is 11.7. The maximum atomic E-state index is 5.94. The van der Waals surface area contributed by atoms with Gasteiger partial charge in [-0.2, -0.15) is 0 Å². The van der Waals surface area contributed by atoms with Crippen molar-refractivity contribution in [3.05, 3.63) is 42.1 Å². The van der Waals surface area contributed by atoms with E-state index in [0.29, 0.717) is 0 Å². The average molecular weight is 265 g/mol. The van der Waals surface area contributed by atoms with Gasteiger partial charge in [-0.05, 0) is 42.5 Å². The number of rotatable bonds is 3. The molecule has 0 aliphatic carbocycles. The van der Waals surface area contributed by atoms with Crippen molar-refractivity contribution in [3.8, 4) is 0 Å². The van der Waals surface area contributed by atoms with Crippen LogP contribution in [0.2, 0.25) is 0 Å². The molecule has 3 nitrogen and oxygen atoms in total. The van der Waals surface area contributed by atoms with Crippen LogP contribution in [0.3, 0.4) is 0 Å². The second-order valence-electron chi connectivity index (χ2n) is 5.24. The molecule has 0 aliphatic heterocycles. The Labute approximate surface area is 118 Å². The third kappa shape index (κ3) is 2.16. The van der Waals surface area contributed by atoms with E-state index in [9.17, 15) is 0 Å². The van der Waals surface area contributed by atoms with E-state index in [1.807, 2.05) is 30.3 Å². The molecule has 0 radical (unpaired) electrons. The van der Waals surface area contributed by atoms with Crippen LogP contribution in [0, 0.1) is 0 Å². The van der Waals surface area contributed by atoms with Crippen LogP contribution in [0.25, 0.3) is 21.7 Å². The molecule has 0 saturated carbocycles. The fourth-order valence-electron chi connectivity index (χ4n) is 2.64. The van der Waals surface area contributed by atoms with Gasteiger partial charge in [0.2, 0.25) is 0 Å². The number of anilines is 2. The Bertz CT molecular complexity index is 778. The van der Waals surface area contributed by atoms with Gasteiger partial charge in [0.05, 0.1) is 5.52 Å². The SMILES string of the molecule is CCCCc1nc2cc(N)ccc2c2ccc(N)cc12. The highest BCUT2D eigenvalue weighted by Gasteiger charge is 2.08. The standard InChI is InChI=1S/C17H19N3/c1-2-3-4-16-15-9-11(18)5-7-13(15)14-8-6-12(19)10-17(14)20-16/h5-10H,2-4,18-19H2,1H3. The highest BCUT2D eigenvalue weighted by Crippen LogP contribution is 2.29. The van der Waals surface area contributed by atoms with Crippen molar-refractivity contribution in [2.45, 2.75) is 26.2 Å². The predicted molar refractivity (Wildman–Crippen MR) is 86.7 cm³/mol. The van der Waals surface area contributed by atoms with Crippen molar-refractivity contribution < 1.29 is 0 Å². The lowest BCUT2D eigenvalue weighted by atomic mass is 10.0. The zero-order chi connectivity index (χ0) is 14.1. The molecular weight excluding hydrogens is 246 g/mol. The van der Waals surface area contributed by atoms with Crippen LogP contribution in [0.15, 0.2) is 36.4 Å². The predicted octanol–water partition coefficient (Wildman–Crippen LogP) is 3.90. The molecule has 20 heavy (non-hydrogen) atoms. The fraction of sp³-hybridized carbons (Fsp3) is 0.235. The molecule has 102 valence electrons. The van der Waals surface area contributed by atoms with E-state index in [4.69, 9.17) is 16.5 Å². The van der Waals surface area contributed by atoms with Crippen molar-refractivity contribution in [1.82, 2.24) is 4.98 Å². The molecule has 0 saturated heterocycles. The molecule has 1 aromatic heterocycles. The minimum atomic E-state index is 0.751. The van der Waals surface area contributed by atoms with E-state index >= 15 is 0 Å². The fourth-order valence-corrected chi connectivity index (χ4v) is 2.64. The van der Waals surface area contributed by atoms with E-state index in [1.54, 1.807) is 0 Å². The Morgan fingerprint density at radius 2 is 1.60 bits per heavy atom. The topological polar surface area (TPSA) is 64.9 Å². The van der Waals surface area contributed by atoms with Crippen molar-refractivity contribution >= 4 is 33.1 Å². The quantitative estimate of drug-likeness (QED) is 0.557. The first-order chi connectivity index (χ1) is 9.69. The monoisotopic (exact) mass is 265 g/mol. The average Bonchev–Trinajstić information content (AvgIpc) is 2.44. The number of hydrogen-bond donors (Lipinski definition) is 2. The summed E-state index contributed by atoms with van der Waals surface area (Å²) in [5.41, 5.74) is 15.4. The number of benzene rings is 2. The summed E-state index contributed by atoms with van der Waals surface area (Å²) in [6, 6.07) is 12.0. The first-order valence-electron chi connectivity index (χ1n) is 7.06. The Kier molecular flexibility index (Phi) is 3.18. The highest BCUT2D eigenvalue weighted by molar-refractivity contribution is 6.08. The van der Waals surface area contributed by atoms with Gasteiger partial charge in [-0.15, -0.1) is 0 Å². The molecule has 0 bridgehead atoms. The van der Waals surface area contributed by atoms with Gasteiger partial charge in [0.25, 0.3) is 0 Å². The molecule has 3 heteroatoms. The number of fused-ring (bicyclic) bond motifs is 3. The van der Waals surface area contributed by atoms with E-state index in [0.717, 1.165) is 52.6 Å². The van der Waals surface area contributed by atoms with E-state index in [1.165, 1.54) is 5.39 Å². The number of nitrogen functional groups attached to an aromatic ring is 2. The molecular formula is C17H19N3. The lowest BCUT2D eigenvalue weighted by molar-refractivity contribution is 0.785. The van der Waals surface area contributed by atoms with Crippen molar-refractivity contribution in [3.63, 3.8) is 0 Å². The van der Waals surface area contributed by atoms with Crippen molar-refractivity contribution in [2.75, 3.05) is 11.5 Å². The van der Waals surface area contributed by atoms with Crippen molar-refractivity contribution in [1.29, 1.82) is 0 Å². The first kappa shape index (κ1) is 12.7. The van der Waals surface area contributed by atoms with Crippen LogP contribution in [-0.4, -0.2) is 4.98 Å². The normalized spacial score (nSPS) is 11.2. The van der Waals surface area contributed by atoms with Crippen LogP contribution < -0.4 is 11.5 Å². The number of pyridine rings is 1. The third-order valence-corrected chi connectivity index (χ3v) is 3.69. The van der Waals surface area contributed by atoms with E-state index in [-0.39, 0.29) is 0 Å². The summed E-state index contributed by atoms with van der Waals surface area (Å²) in [7, 11) is 0. The summed E-state index contributed by atoms with van der Waals surface area (Å²) >= 11 is 0. The van der Waals surface area contributed by atoms with Gasteiger partial charge in [-0.1, -0.05) is 25.5 Å². The van der Waals surface area contributed by atoms with Gasteiger partial charge < -0.3 is 11.5 Å². The Morgan fingerprint density at radius 3 is 2.35 bits per heavy atom. The van der Waals surface area contributed by atoms with Gasteiger partial charge in [-0.25, -0.2) is 0 Å². The second-order valence-corrected chi connectivity index (χ2v) is 5.24. The minimum absolute atomic E-state index is 0.751. The van der Waals surface area contributed by atoms with Gasteiger partial charge in [0.1, 0.15) is 0 Å². The lowest BCUT2D eigenvalue weighted by Crippen LogP contribution is -1.96. The third-order valence-electron chi connectivity index (χ3n) is 3.69. The number of nitrogens with two attached hydrogens (primary N) is 2. The molecule has 0 spiro atoms. The molecule has 4 N–H and O–H groups in total. The molecule has 0 unspecified atom stereocenters. The molecule has 0 aliphatic rings. The second kappa shape index (κ2) is 5.00. The van der Waals surface area contributed by atoms with Gasteiger partial charge in [0.15, 0.2) is 0 Å². The zero-order valence-electron chi connectivity index (χ0n) is 11.7. The van der Waals surface area contributed by atoms with Crippen LogP contribution in [-0.2, 0) is 6.42 Å². The van der Waals surface area contributed by atoms with Crippen LogP contribution in [0.1, 0.15) is 25.5 Å². The smallest absolute Gasteiger partial charge is 0.0732 e. The molecule has 0 atom stereocenters. The summed E-state index contributed by atoms with van der Waals surface area (Å²) in [5.74, 6) is 0. The Balaban J connectivity index is 2.35. The molecule has 3 rings (SSSR count). The highest BCUT2D eigenvalue weighted by atomic mass is 14.7. The summed E-state index contributed by atoms with van der Waals surface area (Å²) in [5, 5.41) is 3.50. The molecule has 1 heterocycles. The summed E-state index contributed by atoms with van der Waals surface area (Å²) in [6.45, 7) is 2.19. The Hall–Kier alpha value is -2.29. The largest absolute Gasteiger partial charge is 0.399 e. The van der Waals surface area contributed by atoms with Crippen LogP contribution in [0.4, 0.5) is 11.4 Å². The van der Waals surface area contributed by atoms with Gasteiger partial charge in [0, 0.05) is 27.8 Å². The number of unbranched alkanes of at least 4 members (excludes halogenated alkanes) is 1. The Morgan fingerprint density at radius 1 is 0.900 bits per heavy atom. The summed E-state index contributed by atoms with van der Waals surface area (Å²) < 4.78 is 0. The molecule has 2 aromatic carbocycles. The number of nitrogens with zero attached hydrogens (tertiary/aromatic N) is 1. The van der Waals surface area contributed by atoms with Gasteiger partial charge in [-0.3, -0.25) is 4.98 Å². The molecule has 0 fully saturated rings. The molecule has 3 aromatic rings. The first-order valence-corrected chi connectivity index (χ1v) is 7.06. The van der Waals surface area contributed by atoms with Gasteiger partial charge >= 0.3 is 0 Å².